The van der Waals surface area contributed by atoms with Gasteiger partial charge in [-0.05, 0) is 63.7 Å². The van der Waals surface area contributed by atoms with Crippen molar-refractivity contribution >= 4 is 39.0 Å². The minimum Gasteiger partial charge on any atom is -0.454 e. The minimum absolute atomic E-state index is 0.766. The fourth-order valence-electron chi connectivity index (χ4n) is 6.00. The molecule has 0 saturated carbocycles. The fraction of sp³-hybridized carbons (Fsp3) is 0. The number of furan rings is 1. The lowest BCUT2D eigenvalue weighted by atomic mass is 9.99. The zero-order valence-electron chi connectivity index (χ0n) is 24.0. The second kappa shape index (κ2) is 11.0. The van der Waals surface area contributed by atoms with Crippen LogP contribution in [0.4, 0.5) is 17.1 Å². The highest BCUT2D eigenvalue weighted by atomic mass is 16.3. The molecular formula is C41H28N2O. The summed E-state index contributed by atoms with van der Waals surface area (Å²) in [6.45, 7) is 0. The molecule has 0 N–H and O–H groups in total. The summed E-state index contributed by atoms with van der Waals surface area (Å²) in [5.74, 6) is 0. The molecule has 0 bridgehead atoms. The van der Waals surface area contributed by atoms with Crippen molar-refractivity contribution in [3.05, 3.63) is 170 Å². The number of fused-ring (bicyclic) bond motifs is 3. The van der Waals surface area contributed by atoms with E-state index >= 15 is 0 Å². The second-order valence-electron chi connectivity index (χ2n) is 10.9. The van der Waals surface area contributed by atoms with E-state index < -0.39 is 0 Å². The van der Waals surface area contributed by atoms with Crippen LogP contribution in [0.25, 0.3) is 55.3 Å². The largest absolute Gasteiger partial charge is 0.454 e. The Labute approximate surface area is 256 Å². The average Bonchev–Trinajstić information content (AvgIpc) is 3.49. The van der Waals surface area contributed by atoms with Crippen LogP contribution >= 0.6 is 0 Å². The zero-order chi connectivity index (χ0) is 29.3. The van der Waals surface area contributed by atoms with Crippen LogP contribution in [0.2, 0.25) is 0 Å². The maximum Gasteiger partial charge on any atom is 0.155 e. The van der Waals surface area contributed by atoms with Gasteiger partial charge in [-0.1, -0.05) is 127 Å². The molecule has 0 aliphatic rings. The minimum atomic E-state index is 0.766. The summed E-state index contributed by atoms with van der Waals surface area (Å²) >= 11 is 0. The third-order valence-electron chi connectivity index (χ3n) is 8.17. The smallest absolute Gasteiger partial charge is 0.155 e. The number of hydrogen-bond acceptors (Lipinski definition) is 3. The van der Waals surface area contributed by atoms with Crippen molar-refractivity contribution in [1.29, 1.82) is 0 Å². The van der Waals surface area contributed by atoms with Crippen molar-refractivity contribution in [2.45, 2.75) is 0 Å². The summed E-state index contributed by atoms with van der Waals surface area (Å²) in [6, 6.07) is 55.4. The van der Waals surface area contributed by atoms with Gasteiger partial charge in [-0.3, -0.25) is 4.98 Å². The molecule has 6 aromatic carbocycles. The van der Waals surface area contributed by atoms with Crippen molar-refractivity contribution in [3.63, 3.8) is 0 Å². The molecule has 0 amide bonds. The Kier molecular flexibility index (Phi) is 6.47. The van der Waals surface area contributed by atoms with Crippen LogP contribution in [0.15, 0.2) is 175 Å². The first-order chi connectivity index (χ1) is 21.8. The summed E-state index contributed by atoms with van der Waals surface area (Å²) < 4.78 is 6.24. The van der Waals surface area contributed by atoms with E-state index in [2.05, 4.69) is 143 Å². The highest BCUT2D eigenvalue weighted by Gasteiger charge is 2.20. The molecule has 0 aliphatic carbocycles. The Hall–Kier alpha value is -5.93. The van der Waals surface area contributed by atoms with Crippen molar-refractivity contribution in [3.8, 4) is 33.4 Å². The van der Waals surface area contributed by atoms with E-state index in [1.807, 2.05) is 30.5 Å². The van der Waals surface area contributed by atoms with E-state index in [-0.39, 0.29) is 0 Å². The predicted octanol–water partition coefficient (Wildman–Crippen LogP) is 11.5. The molecule has 0 atom stereocenters. The van der Waals surface area contributed by atoms with Gasteiger partial charge in [0, 0.05) is 16.8 Å². The first-order valence-corrected chi connectivity index (χ1v) is 14.8. The molecule has 2 aromatic heterocycles. The number of hydrogen-bond donors (Lipinski definition) is 0. The van der Waals surface area contributed by atoms with Gasteiger partial charge in [0.05, 0.1) is 23.5 Å². The number of nitrogens with zero attached hydrogens (tertiary/aromatic N) is 2. The summed E-state index contributed by atoms with van der Waals surface area (Å²) in [7, 11) is 0. The Morgan fingerprint density at radius 1 is 0.409 bits per heavy atom. The summed E-state index contributed by atoms with van der Waals surface area (Å²) in [4.78, 5) is 6.91. The number of rotatable bonds is 6. The standard InChI is InChI=1S/C41H28N2O/c1-3-10-29(11-4-1)31-18-20-33(21-19-31)34-14-9-15-36(26-34)43(35-24-22-32(23-25-35)30-12-5-2-6-13-30)38-27-42-28-40-41(38)37-16-7-8-17-39(37)44-40/h1-28H. The molecular weight excluding hydrogens is 536 g/mol. The lowest BCUT2D eigenvalue weighted by Gasteiger charge is -2.26. The lowest BCUT2D eigenvalue weighted by molar-refractivity contribution is 0.667. The van der Waals surface area contributed by atoms with Crippen LogP contribution in [-0.2, 0) is 0 Å². The van der Waals surface area contributed by atoms with Gasteiger partial charge in [0.2, 0.25) is 0 Å². The van der Waals surface area contributed by atoms with Gasteiger partial charge in [-0.25, -0.2) is 0 Å². The first kappa shape index (κ1) is 25.8. The Balaban J connectivity index is 1.27. The topological polar surface area (TPSA) is 29.3 Å². The number of pyridine rings is 1. The van der Waals surface area contributed by atoms with Crippen molar-refractivity contribution < 1.29 is 4.42 Å². The van der Waals surface area contributed by atoms with Gasteiger partial charge in [-0.2, -0.15) is 0 Å². The maximum atomic E-state index is 6.24. The van der Waals surface area contributed by atoms with Crippen molar-refractivity contribution in [2.24, 2.45) is 0 Å². The van der Waals surface area contributed by atoms with Gasteiger partial charge in [0.25, 0.3) is 0 Å². The number of anilines is 3. The second-order valence-corrected chi connectivity index (χ2v) is 10.9. The van der Waals surface area contributed by atoms with Gasteiger partial charge in [-0.15, -0.1) is 0 Å². The van der Waals surface area contributed by atoms with Gasteiger partial charge >= 0.3 is 0 Å². The van der Waals surface area contributed by atoms with Crippen LogP contribution in [0.1, 0.15) is 0 Å². The Morgan fingerprint density at radius 3 is 1.64 bits per heavy atom. The zero-order valence-corrected chi connectivity index (χ0v) is 24.0. The third kappa shape index (κ3) is 4.71. The highest BCUT2D eigenvalue weighted by Crippen LogP contribution is 2.43. The highest BCUT2D eigenvalue weighted by molar-refractivity contribution is 6.13. The van der Waals surface area contributed by atoms with E-state index in [4.69, 9.17) is 4.42 Å². The van der Waals surface area contributed by atoms with E-state index in [0.29, 0.717) is 0 Å². The van der Waals surface area contributed by atoms with Gasteiger partial charge in [0.15, 0.2) is 5.58 Å². The molecule has 0 aliphatic heterocycles. The van der Waals surface area contributed by atoms with Gasteiger partial charge < -0.3 is 9.32 Å². The lowest BCUT2D eigenvalue weighted by Crippen LogP contribution is -2.10. The molecule has 0 fully saturated rings. The van der Waals surface area contributed by atoms with Crippen molar-refractivity contribution in [2.75, 3.05) is 4.90 Å². The molecule has 208 valence electrons. The quantitative estimate of drug-likeness (QED) is 0.201. The van der Waals surface area contributed by atoms with E-state index in [1.165, 1.54) is 22.3 Å². The number of para-hydroxylation sites is 1. The fourth-order valence-corrected chi connectivity index (χ4v) is 6.00. The van der Waals surface area contributed by atoms with E-state index in [9.17, 15) is 0 Å². The number of benzene rings is 6. The summed E-state index contributed by atoms with van der Waals surface area (Å²) in [5.41, 5.74) is 11.8. The molecule has 3 heteroatoms. The van der Waals surface area contributed by atoms with Crippen LogP contribution in [0.3, 0.4) is 0 Å². The third-order valence-corrected chi connectivity index (χ3v) is 8.17. The molecule has 3 nitrogen and oxygen atoms in total. The van der Waals surface area contributed by atoms with E-state index in [0.717, 1.165) is 50.1 Å². The van der Waals surface area contributed by atoms with Crippen LogP contribution < -0.4 is 4.90 Å². The van der Waals surface area contributed by atoms with Gasteiger partial charge in [0.1, 0.15) is 5.58 Å². The summed E-state index contributed by atoms with van der Waals surface area (Å²) in [6.07, 6.45) is 3.75. The first-order valence-electron chi connectivity index (χ1n) is 14.8. The normalized spacial score (nSPS) is 11.2. The Morgan fingerprint density at radius 2 is 0.955 bits per heavy atom. The van der Waals surface area contributed by atoms with Crippen molar-refractivity contribution in [1.82, 2.24) is 4.98 Å². The maximum absolute atomic E-state index is 6.24. The molecule has 44 heavy (non-hydrogen) atoms. The average molecular weight is 565 g/mol. The molecule has 0 spiro atoms. The SMILES string of the molecule is c1ccc(-c2ccc(-c3cccc(N(c4ccc(-c5ccccc5)cc4)c4cncc5oc6ccccc6c45)c3)cc2)cc1. The van der Waals surface area contributed by atoms with Crippen LogP contribution in [0, 0.1) is 0 Å². The predicted molar refractivity (Wildman–Crippen MR) is 183 cm³/mol. The van der Waals surface area contributed by atoms with E-state index in [1.54, 1.807) is 6.20 Å². The molecule has 2 heterocycles. The monoisotopic (exact) mass is 564 g/mol. The molecule has 8 rings (SSSR count). The van der Waals surface area contributed by atoms with Crippen LogP contribution in [-0.4, -0.2) is 4.98 Å². The van der Waals surface area contributed by atoms with Crippen LogP contribution in [0.5, 0.6) is 0 Å². The molecule has 0 saturated heterocycles. The summed E-state index contributed by atoms with van der Waals surface area (Å²) in [5, 5.41) is 2.11. The Bertz CT molecular complexity index is 2200. The number of aromatic nitrogens is 1. The molecule has 0 radical (unpaired) electrons. The molecule has 8 aromatic rings. The molecule has 0 unspecified atom stereocenters.